The molecule has 1 saturated heterocycles. The summed E-state index contributed by atoms with van der Waals surface area (Å²) in [5.41, 5.74) is 6.27. The Labute approximate surface area is 128 Å². The summed E-state index contributed by atoms with van der Waals surface area (Å²) in [5.74, 6) is 0.998. The van der Waals surface area contributed by atoms with Gasteiger partial charge in [-0.05, 0) is 19.8 Å². The van der Waals surface area contributed by atoms with E-state index in [1.54, 1.807) is 11.6 Å². The van der Waals surface area contributed by atoms with Crippen LogP contribution in [0.3, 0.4) is 0 Å². The number of carbonyl (C=O) groups is 1. The average Bonchev–Trinajstić information content (AvgIpc) is 2.95. The Hall–Kier alpha value is -2.22. The zero-order valence-corrected chi connectivity index (χ0v) is 12.8. The van der Waals surface area contributed by atoms with E-state index in [0.29, 0.717) is 25.0 Å². The zero-order chi connectivity index (χ0) is 15.7. The van der Waals surface area contributed by atoms with Crippen LogP contribution >= 0.6 is 0 Å². The molecule has 2 N–H and O–H groups in total. The fraction of sp³-hybridized carbons (Fsp3) is 0.571. The van der Waals surface area contributed by atoms with Crippen LogP contribution < -0.4 is 10.6 Å². The van der Waals surface area contributed by atoms with Crippen LogP contribution in [-0.4, -0.2) is 45.2 Å². The maximum atomic E-state index is 11.5. The van der Waals surface area contributed by atoms with E-state index in [0.717, 1.165) is 24.4 Å². The maximum absolute atomic E-state index is 11.5. The molecular formula is C14H20N6O2. The molecule has 0 aliphatic carbocycles. The fourth-order valence-corrected chi connectivity index (χ4v) is 2.93. The summed E-state index contributed by atoms with van der Waals surface area (Å²) in [6.07, 6.45) is 3.21. The minimum atomic E-state index is -0.252. The van der Waals surface area contributed by atoms with E-state index >= 15 is 0 Å². The first-order chi connectivity index (χ1) is 10.6. The lowest BCUT2D eigenvalue weighted by molar-refractivity contribution is -0.122. The van der Waals surface area contributed by atoms with Crippen molar-refractivity contribution in [2.75, 3.05) is 18.6 Å². The number of rotatable bonds is 4. The van der Waals surface area contributed by atoms with Crippen molar-refractivity contribution in [3.63, 3.8) is 0 Å². The summed E-state index contributed by atoms with van der Waals surface area (Å²) in [4.78, 5) is 22.3. The molecule has 0 aromatic carbocycles. The second kappa shape index (κ2) is 5.88. The third-order valence-electron chi connectivity index (χ3n) is 4.16. The van der Waals surface area contributed by atoms with Gasteiger partial charge >= 0.3 is 0 Å². The van der Waals surface area contributed by atoms with Crippen LogP contribution in [-0.2, 0) is 16.1 Å². The molecule has 2 unspecified atom stereocenters. The molecule has 8 nitrogen and oxygen atoms in total. The van der Waals surface area contributed by atoms with Gasteiger partial charge in [-0.25, -0.2) is 4.98 Å². The largest absolute Gasteiger partial charge is 0.378 e. The first-order valence-electron chi connectivity index (χ1n) is 7.34. The summed E-state index contributed by atoms with van der Waals surface area (Å²) in [6.45, 7) is 3.12. The lowest BCUT2D eigenvalue weighted by Gasteiger charge is -2.38. The second-order valence-corrected chi connectivity index (χ2v) is 5.69. The molecule has 118 valence electrons. The number of primary amides is 1. The Morgan fingerprint density at radius 2 is 2.32 bits per heavy atom. The van der Waals surface area contributed by atoms with Crippen molar-refractivity contribution in [2.45, 2.75) is 32.4 Å². The number of fused-ring (bicyclic) bond motifs is 1. The molecule has 2 aromatic heterocycles. The Morgan fingerprint density at radius 3 is 3.05 bits per heavy atom. The first kappa shape index (κ1) is 14.7. The van der Waals surface area contributed by atoms with Gasteiger partial charge in [0.25, 0.3) is 5.78 Å². The molecule has 3 heterocycles. The monoisotopic (exact) mass is 304 g/mol. The Balaban J connectivity index is 2.02. The van der Waals surface area contributed by atoms with Gasteiger partial charge in [0.2, 0.25) is 5.91 Å². The summed E-state index contributed by atoms with van der Waals surface area (Å²) in [5, 5.41) is 4.24. The highest BCUT2D eigenvalue weighted by Gasteiger charge is 2.30. The van der Waals surface area contributed by atoms with Crippen molar-refractivity contribution in [3.8, 4) is 0 Å². The van der Waals surface area contributed by atoms with Crippen molar-refractivity contribution in [1.29, 1.82) is 0 Å². The number of amides is 1. The molecule has 1 fully saturated rings. The molecule has 2 atom stereocenters. The van der Waals surface area contributed by atoms with Gasteiger partial charge in [-0.15, -0.1) is 0 Å². The number of piperidine rings is 1. The van der Waals surface area contributed by atoms with E-state index in [-0.39, 0.29) is 11.8 Å². The predicted octanol–water partition coefficient (Wildman–Crippen LogP) is 0.361. The normalized spacial score (nSPS) is 22.2. The molecule has 8 heteroatoms. The number of carbonyl (C=O) groups excluding carboxylic acids is 1. The Kier molecular flexibility index (Phi) is 3.93. The second-order valence-electron chi connectivity index (χ2n) is 5.69. The lowest BCUT2D eigenvalue weighted by Crippen LogP contribution is -2.46. The van der Waals surface area contributed by atoms with Gasteiger partial charge in [-0.1, -0.05) is 0 Å². The summed E-state index contributed by atoms with van der Waals surface area (Å²) < 4.78 is 6.86. The van der Waals surface area contributed by atoms with E-state index in [1.165, 1.54) is 6.33 Å². The number of hydrogen-bond donors (Lipinski definition) is 1. The van der Waals surface area contributed by atoms with Gasteiger partial charge in [-0.3, -0.25) is 4.79 Å². The molecule has 0 bridgehead atoms. The van der Waals surface area contributed by atoms with Gasteiger partial charge in [0.15, 0.2) is 0 Å². The van der Waals surface area contributed by atoms with Gasteiger partial charge in [0, 0.05) is 25.8 Å². The van der Waals surface area contributed by atoms with Crippen LogP contribution in [0.1, 0.15) is 25.5 Å². The van der Waals surface area contributed by atoms with Crippen LogP contribution in [0.4, 0.5) is 5.82 Å². The number of anilines is 1. The van der Waals surface area contributed by atoms with Gasteiger partial charge in [0.1, 0.15) is 12.1 Å². The predicted molar refractivity (Wildman–Crippen MR) is 80.2 cm³/mol. The van der Waals surface area contributed by atoms with Crippen molar-refractivity contribution >= 4 is 17.5 Å². The van der Waals surface area contributed by atoms with Crippen LogP contribution in [0.5, 0.6) is 0 Å². The highest BCUT2D eigenvalue weighted by Crippen LogP contribution is 2.28. The molecule has 0 radical (unpaired) electrons. The quantitative estimate of drug-likeness (QED) is 0.875. The molecule has 0 spiro atoms. The summed E-state index contributed by atoms with van der Waals surface area (Å²) in [7, 11) is 1.63. The number of ether oxygens (including phenoxy) is 1. The van der Waals surface area contributed by atoms with Crippen LogP contribution in [0.25, 0.3) is 5.78 Å². The third-order valence-corrected chi connectivity index (χ3v) is 4.16. The smallest absolute Gasteiger partial charge is 0.254 e. The Bertz CT molecular complexity index is 685. The van der Waals surface area contributed by atoms with Gasteiger partial charge < -0.3 is 15.4 Å². The van der Waals surface area contributed by atoms with Crippen molar-refractivity contribution in [3.05, 3.63) is 18.1 Å². The number of methoxy groups -OCH3 is 1. The highest BCUT2D eigenvalue weighted by molar-refractivity contribution is 5.77. The van der Waals surface area contributed by atoms with E-state index in [2.05, 4.69) is 26.9 Å². The van der Waals surface area contributed by atoms with E-state index < -0.39 is 0 Å². The minimum Gasteiger partial charge on any atom is -0.378 e. The maximum Gasteiger partial charge on any atom is 0.254 e. The average molecular weight is 304 g/mol. The highest BCUT2D eigenvalue weighted by atomic mass is 16.5. The molecule has 1 aliphatic heterocycles. The molecule has 1 aliphatic rings. The molecule has 1 amide bonds. The summed E-state index contributed by atoms with van der Waals surface area (Å²) in [6, 6.07) is 2.23. The van der Waals surface area contributed by atoms with Crippen LogP contribution in [0.2, 0.25) is 0 Å². The topological polar surface area (TPSA) is 98.6 Å². The Morgan fingerprint density at radius 1 is 1.50 bits per heavy atom. The molecule has 2 aromatic rings. The van der Waals surface area contributed by atoms with Crippen LogP contribution in [0.15, 0.2) is 12.4 Å². The zero-order valence-electron chi connectivity index (χ0n) is 12.8. The van der Waals surface area contributed by atoms with Crippen molar-refractivity contribution in [2.24, 2.45) is 11.7 Å². The first-order valence-corrected chi connectivity index (χ1v) is 7.34. The number of hydrogen-bond acceptors (Lipinski definition) is 6. The molecule has 3 rings (SSSR count). The van der Waals surface area contributed by atoms with Gasteiger partial charge in [-0.2, -0.15) is 14.6 Å². The van der Waals surface area contributed by atoms with Crippen LogP contribution in [0, 0.1) is 5.92 Å². The number of nitrogens with zero attached hydrogens (tertiary/aromatic N) is 5. The van der Waals surface area contributed by atoms with E-state index in [9.17, 15) is 4.79 Å². The molecule has 0 saturated carbocycles. The number of aromatic nitrogens is 4. The SMILES string of the molecule is COCc1cc(N2CC(C(N)=O)CCC2C)n2ncnc2n1. The van der Waals surface area contributed by atoms with Gasteiger partial charge in [0.05, 0.1) is 18.2 Å². The third kappa shape index (κ3) is 2.61. The van der Waals surface area contributed by atoms with Crippen molar-refractivity contribution < 1.29 is 9.53 Å². The lowest BCUT2D eigenvalue weighted by atomic mass is 9.93. The van der Waals surface area contributed by atoms with Crippen molar-refractivity contribution in [1.82, 2.24) is 19.6 Å². The van der Waals surface area contributed by atoms with E-state index in [1.807, 2.05) is 6.07 Å². The molecular weight excluding hydrogens is 284 g/mol. The number of nitrogens with two attached hydrogens (primary N) is 1. The fourth-order valence-electron chi connectivity index (χ4n) is 2.93. The van der Waals surface area contributed by atoms with E-state index in [4.69, 9.17) is 10.5 Å². The standard InChI is InChI=1S/C14H20N6O2/c1-9-3-4-10(13(15)21)6-19(9)12-5-11(7-22-2)18-14-16-8-17-20(12)14/h5,8-10H,3-4,6-7H2,1-2H3,(H2,15,21). The summed E-state index contributed by atoms with van der Waals surface area (Å²) >= 11 is 0. The molecule has 22 heavy (non-hydrogen) atoms. The minimum absolute atomic E-state index is 0.145.